The van der Waals surface area contributed by atoms with Crippen LogP contribution in [0.2, 0.25) is 0 Å². The molecular formula is C23H24FN3O3S. The highest BCUT2D eigenvalue weighted by atomic mass is 32.1. The number of aromatic nitrogens is 1. The summed E-state index contributed by atoms with van der Waals surface area (Å²) in [7, 11) is 4.71. The number of benzene rings is 2. The first kappa shape index (κ1) is 22.3. The first-order valence-electron chi connectivity index (χ1n) is 9.42. The van der Waals surface area contributed by atoms with E-state index in [9.17, 15) is 4.39 Å². The Bertz CT molecular complexity index is 1160. The van der Waals surface area contributed by atoms with Crippen LogP contribution in [0.3, 0.4) is 0 Å². The quantitative estimate of drug-likeness (QED) is 0.375. The fourth-order valence-corrected chi connectivity index (χ4v) is 3.65. The highest BCUT2D eigenvalue weighted by Gasteiger charge is 2.12. The fraction of sp³-hybridized carbons (Fsp3) is 0.217. The molecule has 3 aromatic rings. The second-order valence-corrected chi connectivity index (χ2v) is 7.53. The largest absolute Gasteiger partial charge is 0.496 e. The van der Waals surface area contributed by atoms with Crippen molar-refractivity contribution < 1.29 is 18.6 Å². The zero-order valence-electron chi connectivity index (χ0n) is 17.9. The van der Waals surface area contributed by atoms with E-state index in [4.69, 9.17) is 14.2 Å². The van der Waals surface area contributed by atoms with E-state index >= 15 is 0 Å². The minimum Gasteiger partial charge on any atom is -0.496 e. The smallest absolute Gasteiger partial charge is 0.206 e. The number of nitrogens with zero attached hydrogens (tertiary/aromatic N) is 3. The van der Waals surface area contributed by atoms with Crippen LogP contribution in [0.5, 0.6) is 17.2 Å². The van der Waals surface area contributed by atoms with Crippen molar-refractivity contribution in [1.29, 1.82) is 0 Å². The Hall–Kier alpha value is -3.39. The Morgan fingerprint density at radius 2 is 1.71 bits per heavy atom. The number of rotatable bonds is 8. The number of hydrogen-bond donors (Lipinski definition) is 0. The Labute approximate surface area is 184 Å². The van der Waals surface area contributed by atoms with Gasteiger partial charge in [0.25, 0.3) is 0 Å². The lowest BCUT2D eigenvalue weighted by molar-refractivity contribution is 0.349. The van der Waals surface area contributed by atoms with E-state index in [0.717, 1.165) is 16.8 Å². The molecule has 31 heavy (non-hydrogen) atoms. The molecule has 0 aliphatic heterocycles. The minimum atomic E-state index is -0.295. The molecule has 0 amide bonds. The van der Waals surface area contributed by atoms with Crippen LogP contribution >= 0.6 is 11.3 Å². The van der Waals surface area contributed by atoms with Crippen LogP contribution in [0.25, 0.3) is 11.3 Å². The second-order valence-electron chi connectivity index (χ2n) is 6.69. The van der Waals surface area contributed by atoms with Gasteiger partial charge in [0.1, 0.15) is 11.6 Å². The van der Waals surface area contributed by atoms with Gasteiger partial charge in [0.2, 0.25) is 4.80 Å². The molecule has 0 atom stereocenters. The van der Waals surface area contributed by atoms with Gasteiger partial charge in [-0.05, 0) is 37.3 Å². The van der Waals surface area contributed by atoms with Crippen molar-refractivity contribution in [3.63, 3.8) is 0 Å². The first-order valence-corrected chi connectivity index (χ1v) is 10.3. The monoisotopic (exact) mass is 441 g/mol. The summed E-state index contributed by atoms with van der Waals surface area (Å²) in [5.74, 6) is 1.41. The van der Waals surface area contributed by atoms with Gasteiger partial charge in [0.15, 0.2) is 11.5 Å². The molecule has 162 valence electrons. The van der Waals surface area contributed by atoms with E-state index in [1.54, 1.807) is 56.5 Å². The SMILES string of the molecule is C=C(C)CN=c1scc(-c2ccc(F)cc2)n1N=Cc1cc(OC)c(OC)cc1OC. The van der Waals surface area contributed by atoms with Crippen LogP contribution in [0.1, 0.15) is 12.5 Å². The Balaban J connectivity index is 2.12. The van der Waals surface area contributed by atoms with E-state index in [-0.39, 0.29) is 5.82 Å². The van der Waals surface area contributed by atoms with Crippen molar-refractivity contribution >= 4 is 17.6 Å². The van der Waals surface area contributed by atoms with Crippen LogP contribution in [0.15, 0.2) is 64.0 Å². The molecule has 3 rings (SSSR count). The van der Waals surface area contributed by atoms with Gasteiger partial charge in [0.05, 0.1) is 39.8 Å². The molecule has 0 saturated carbocycles. The molecule has 6 nitrogen and oxygen atoms in total. The van der Waals surface area contributed by atoms with E-state index < -0.39 is 0 Å². The molecular weight excluding hydrogens is 417 g/mol. The number of hydrogen-bond acceptors (Lipinski definition) is 6. The molecule has 0 aliphatic carbocycles. The maximum Gasteiger partial charge on any atom is 0.206 e. The minimum absolute atomic E-state index is 0.295. The van der Waals surface area contributed by atoms with Gasteiger partial charge in [-0.15, -0.1) is 11.3 Å². The molecule has 0 spiro atoms. The summed E-state index contributed by atoms with van der Waals surface area (Å²) in [6.45, 7) is 6.31. The lowest BCUT2D eigenvalue weighted by Gasteiger charge is -2.12. The van der Waals surface area contributed by atoms with E-state index in [2.05, 4.69) is 16.7 Å². The fourth-order valence-electron chi connectivity index (χ4n) is 2.81. The van der Waals surface area contributed by atoms with Gasteiger partial charge in [0, 0.05) is 22.6 Å². The van der Waals surface area contributed by atoms with Crippen LogP contribution < -0.4 is 19.0 Å². The predicted octanol–water partition coefficient (Wildman–Crippen LogP) is 4.74. The Morgan fingerprint density at radius 1 is 1.06 bits per heavy atom. The molecule has 0 unspecified atom stereocenters. The number of halogens is 1. The standard InChI is InChI=1S/C23H24FN3O3S/c1-15(2)12-25-23-27(19(14-31-23)16-6-8-18(24)9-7-16)26-13-17-10-21(29-4)22(30-5)11-20(17)28-3/h6-11,13-14H,1,12H2,2-5H3. The summed E-state index contributed by atoms with van der Waals surface area (Å²) in [6, 6.07) is 9.79. The summed E-state index contributed by atoms with van der Waals surface area (Å²) in [4.78, 5) is 5.30. The second kappa shape index (κ2) is 10.1. The summed E-state index contributed by atoms with van der Waals surface area (Å²) in [5.41, 5.74) is 3.26. The van der Waals surface area contributed by atoms with Crippen molar-refractivity contribution in [2.75, 3.05) is 27.9 Å². The highest BCUT2D eigenvalue weighted by Crippen LogP contribution is 2.33. The third-order valence-corrected chi connectivity index (χ3v) is 5.21. The maximum absolute atomic E-state index is 13.4. The van der Waals surface area contributed by atoms with Gasteiger partial charge < -0.3 is 14.2 Å². The van der Waals surface area contributed by atoms with Gasteiger partial charge >= 0.3 is 0 Å². The third-order valence-electron chi connectivity index (χ3n) is 4.36. The molecule has 0 N–H and O–H groups in total. The van der Waals surface area contributed by atoms with Crippen molar-refractivity contribution in [2.24, 2.45) is 10.1 Å². The van der Waals surface area contributed by atoms with E-state index in [1.165, 1.54) is 23.5 Å². The average molecular weight is 442 g/mol. The average Bonchev–Trinajstić information content (AvgIpc) is 3.18. The van der Waals surface area contributed by atoms with Crippen LogP contribution in [0.4, 0.5) is 4.39 Å². The Kier molecular flexibility index (Phi) is 7.25. The third kappa shape index (κ3) is 5.21. The zero-order chi connectivity index (χ0) is 22.4. The van der Waals surface area contributed by atoms with Gasteiger partial charge in [-0.3, -0.25) is 4.99 Å². The van der Waals surface area contributed by atoms with Crippen molar-refractivity contribution in [1.82, 2.24) is 4.68 Å². The molecule has 0 fully saturated rings. The van der Waals surface area contributed by atoms with E-state index in [1.807, 2.05) is 12.3 Å². The van der Waals surface area contributed by atoms with Crippen LogP contribution in [-0.2, 0) is 0 Å². The van der Waals surface area contributed by atoms with Gasteiger partial charge in [-0.2, -0.15) is 5.10 Å². The first-order chi connectivity index (χ1) is 15.0. The van der Waals surface area contributed by atoms with Crippen molar-refractivity contribution in [2.45, 2.75) is 6.92 Å². The summed E-state index contributed by atoms with van der Waals surface area (Å²) in [5, 5.41) is 6.60. The number of methoxy groups -OCH3 is 3. The van der Waals surface area contributed by atoms with E-state index in [0.29, 0.717) is 34.2 Å². The van der Waals surface area contributed by atoms with Crippen molar-refractivity contribution in [3.8, 4) is 28.5 Å². The number of ether oxygens (including phenoxy) is 3. The topological polar surface area (TPSA) is 57.3 Å². The molecule has 0 radical (unpaired) electrons. The van der Waals surface area contributed by atoms with Crippen LogP contribution in [0, 0.1) is 5.82 Å². The van der Waals surface area contributed by atoms with Gasteiger partial charge in [-0.25, -0.2) is 9.07 Å². The molecule has 0 aliphatic rings. The Morgan fingerprint density at radius 3 is 2.32 bits per heavy atom. The number of thiazole rings is 1. The molecule has 8 heteroatoms. The molecule has 2 aromatic carbocycles. The van der Waals surface area contributed by atoms with Gasteiger partial charge in [-0.1, -0.05) is 12.2 Å². The highest BCUT2D eigenvalue weighted by molar-refractivity contribution is 7.07. The normalized spacial score (nSPS) is 11.7. The lowest BCUT2D eigenvalue weighted by Crippen LogP contribution is -2.13. The van der Waals surface area contributed by atoms with Crippen LogP contribution in [-0.4, -0.2) is 38.8 Å². The zero-order valence-corrected chi connectivity index (χ0v) is 18.7. The summed E-state index contributed by atoms with van der Waals surface area (Å²) in [6.07, 6.45) is 1.67. The molecule has 0 bridgehead atoms. The summed E-state index contributed by atoms with van der Waals surface area (Å²) < 4.78 is 31.3. The van der Waals surface area contributed by atoms with Crippen molar-refractivity contribution in [3.05, 3.63) is 70.1 Å². The molecule has 1 aromatic heterocycles. The predicted molar refractivity (Wildman–Crippen MR) is 122 cm³/mol. The maximum atomic E-state index is 13.4. The molecule has 1 heterocycles. The lowest BCUT2D eigenvalue weighted by atomic mass is 10.2. The molecule has 0 saturated heterocycles. The summed E-state index contributed by atoms with van der Waals surface area (Å²) >= 11 is 1.45.